The first-order valence-electron chi connectivity index (χ1n) is 7.60. The van der Waals surface area contributed by atoms with E-state index in [-0.39, 0.29) is 11.9 Å². The van der Waals surface area contributed by atoms with Crippen molar-refractivity contribution in [2.45, 2.75) is 32.8 Å². The fourth-order valence-corrected chi connectivity index (χ4v) is 3.07. The maximum absolute atomic E-state index is 12.0. The van der Waals surface area contributed by atoms with Gasteiger partial charge in [0, 0.05) is 19.6 Å². The second-order valence-corrected chi connectivity index (χ2v) is 7.56. The molecule has 1 atom stereocenters. The van der Waals surface area contributed by atoms with Crippen molar-refractivity contribution in [3.05, 3.63) is 22.4 Å². The summed E-state index contributed by atoms with van der Waals surface area (Å²) in [4.78, 5) is 26.4. The molecule has 6 heteroatoms. The summed E-state index contributed by atoms with van der Waals surface area (Å²) in [6, 6.07) is 3.72. The Morgan fingerprint density at radius 2 is 2.23 bits per heavy atom. The van der Waals surface area contributed by atoms with Crippen molar-refractivity contribution in [1.82, 2.24) is 10.2 Å². The van der Waals surface area contributed by atoms with Crippen LogP contribution >= 0.6 is 11.3 Å². The molecule has 1 aromatic rings. The second-order valence-electron chi connectivity index (χ2n) is 6.61. The second kappa shape index (κ2) is 7.24. The molecule has 2 rings (SSSR count). The summed E-state index contributed by atoms with van der Waals surface area (Å²) >= 11 is 1.46. The van der Waals surface area contributed by atoms with E-state index in [2.05, 4.69) is 5.32 Å². The monoisotopic (exact) mass is 324 g/mol. The van der Waals surface area contributed by atoms with Gasteiger partial charge in [0.2, 0.25) is 0 Å². The van der Waals surface area contributed by atoms with Crippen LogP contribution in [-0.4, -0.2) is 48.6 Å². The molecule has 5 nitrogen and oxygen atoms in total. The van der Waals surface area contributed by atoms with Gasteiger partial charge in [-0.05, 0) is 44.6 Å². The minimum Gasteiger partial charge on any atom is -0.444 e. The van der Waals surface area contributed by atoms with Crippen molar-refractivity contribution in [2.75, 3.05) is 26.2 Å². The summed E-state index contributed by atoms with van der Waals surface area (Å²) in [7, 11) is 0. The minimum atomic E-state index is -0.458. The zero-order valence-corrected chi connectivity index (χ0v) is 14.2. The number of rotatable bonds is 5. The molecule has 0 aliphatic carbocycles. The van der Waals surface area contributed by atoms with Gasteiger partial charge in [0.25, 0.3) is 0 Å². The van der Waals surface area contributed by atoms with Crippen molar-refractivity contribution < 1.29 is 14.3 Å². The quantitative estimate of drug-likeness (QED) is 0.846. The van der Waals surface area contributed by atoms with E-state index in [1.54, 1.807) is 4.90 Å². The lowest BCUT2D eigenvalue weighted by molar-refractivity contribution is 0.0288. The summed E-state index contributed by atoms with van der Waals surface area (Å²) < 4.78 is 5.38. The smallest absolute Gasteiger partial charge is 0.410 e. The number of hydrogen-bond donors (Lipinski definition) is 1. The average Bonchev–Trinajstić information content (AvgIpc) is 3.08. The lowest BCUT2D eigenvalue weighted by Gasteiger charge is -2.24. The van der Waals surface area contributed by atoms with Gasteiger partial charge in [-0.1, -0.05) is 6.07 Å². The van der Waals surface area contributed by atoms with Gasteiger partial charge in [-0.3, -0.25) is 4.79 Å². The minimum absolute atomic E-state index is 0.122. The van der Waals surface area contributed by atoms with Crippen LogP contribution in [0.3, 0.4) is 0 Å². The number of amides is 1. The molecular weight excluding hydrogens is 300 g/mol. The summed E-state index contributed by atoms with van der Waals surface area (Å²) in [6.07, 6.45) is 0.698. The Kier molecular flexibility index (Phi) is 5.58. The van der Waals surface area contributed by atoms with E-state index in [0.29, 0.717) is 19.0 Å². The molecule has 1 N–H and O–H groups in total. The Morgan fingerprint density at radius 1 is 1.45 bits per heavy atom. The van der Waals surface area contributed by atoms with E-state index in [9.17, 15) is 9.59 Å². The first-order chi connectivity index (χ1) is 10.3. The van der Waals surface area contributed by atoms with Crippen molar-refractivity contribution in [2.24, 2.45) is 5.92 Å². The molecule has 22 heavy (non-hydrogen) atoms. The van der Waals surface area contributed by atoms with Crippen LogP contribution in [0.1, 0.15) is 36.9 Å². The molecule has 1 aliphatic rings. The highest BCUT2D eigenvalue weighted by atomic mass is 32.1. The molecule has 0 spiro atoms. The molecule has 1 aliphatic heterocycles. The van der Waals surface area contributed by atoms with Gasteiger partial charge in [-0.25, -0.2) is 4.79 Å². The van der Waals surface area contributed by atoms with Crippen LogP contribution in [0.25, 0.3) is 0 Å². The van der Waals surface area contributed by atoms with Crippen molar-refractivity contribution in [3.63, 3.8) is 0 Å². The van der Waals surface area contributed by atoms with E-state index in [1.807, 2.05) is 38.3 Å². The normalized spacial score (nSPS) is 18.5. The highest BCUT2D eigenvalue weighted by molar-refractivity contribution is 7.12. The van der Waals surface area contributed by atoms with E-state index < -0.39 is 5.60 Å². The number of likely N-dealkylation sites (tertiary alicyclic amines) is 1. The van der Waals surface area contributed by atoms with E-state index in [4.69, 9.17) is 4.74 Å². The largest absolute Gasteiger partial charge is 0.444 e. The standard InChI is InChI=1S/C16H24N2O3S/c1-16(2,3)21-15(20)18-7-6-12(11-18)9-17-10-13(19)14-5-4-8-22-14/h4-5,8,12,17H,6-7,9-11H2,1-3H3/t12-/m1/s1. The topological polar surface area (TPSA) is 58.6 Å². The third-order valence-electron chi connectivity index (χ3n) is 3.45. The third-order valence-corrected chi connectivity index (χ3v) is 4.36. The summed E-state index contributed by atoms with van der Waals surface area (Å²) in [5, 5.41) is 5.11. The Hall–Kier alpha value is -1.40. The zero-order valence-electron chi connectivity index (χ0n) is 13.4. The molecule has 0 bridgehead atoms. The van der Waals surface area contributed by atoms with Crippen LogP contribution in [0.15, 0.2) is 17.5 Å². The van der Waals surface area contributed by atoms with E-state index >= 15 is 0 Å². The molecule has 1 amide bonds. The maximum Gasteiger partial charge on any atom is 0.410 e. The number of Topliss-reactive ketones (excluding diaryl/α,β-unsaturated/α-hetero) is 1. The lowest BCUT2D eigenvalue weighted by atomic mass is 10.1. The van der Waals surface area contributed by atoms with Crippen molar-refractivity contribution in [1.29, 1.82) is 0 Å². The van der Waals surface area contributed by atoms with Crippen LogP contribution in [0.4, 0.5) is 4.79 Å². The fourth-order valence-electron chi connectivity index (χ4n) is 2.41. The lowest BCUT2D eigenvalue weighted by Crippen LogP contribution is -2.36. The van der Waals surface area contributed by atoms with Crippen LogP contribution < -0.4 is 5.32 Å². The van der Waals surface area contributed by atoms with Crippen LogP contribution in [0.2, 0.25) is 0 Å². The number of thiophene rings is 1. The van der Waals surface area contributed by atoms with Gasteiger partial charge in [-0.15, -0.1) is 11.3 Å². The van der Waals surface area contributed by atoms with Gasteiger partial charge in [-0.2, -0.15) is 0 Å². The van der Waals surface area contributed by atoms with Crippen LogP contribution in [0.5, 0.6) is 0 Å². The fraction of sp³-hybridized carbons (Fsp3) is 0.625. The van der Waals surface area contributed by atoms with Gasteiger partial charge in [0.1, 0.15) is 5.60 Å². The highest BCUT2D eigenvalue weighted by Gasteiger charge is 2.29. The SMILES string of the molecule is CC(C)(C)OC(=O)N1CC[C@H](CNCC(=O)c2cccs2)C1. The average molecular weight is 324 g/mol. The number of ketones is 1. The number of carbonyl (C=O) groups is 2. The van der Waals surface area contributed by atoms with Crippen LogP contribution in [-0.2, 0) is 4.74 Å². The van der Waals surface area contributed by atoms with E-state index in [1.165, 1.54) is 11.3 Å². The number of nitrogens with one attached hydrogen (secondary N) is 1. The molecule has 1 fully saturated rings. The highest BCUT2D eigenvalue weighted by Crippen LogP contribution is 2.19. The molecular formula is C16H24N2O3S. The van der Waals surface area contributed by atoms with Gasteiger partial charge >= 0.3 is 6.09 Å². The Morgan fingerprint density at radius 3 is 2.86 bits per heavy atom. The predicted octanol–water partition coefficient (Wildman–Crippen LogP) is 2.78. The Labute approximate surface area is 135 Å². The van der Waals surface area contributed by atoms with E-state index in [0.717, 1.165) is 24.4 Å². The van der Waals surface area contributed by atoms with Gasteiger partial charge in [0.05, 0.1) is 11.4 Å². The summed E-state index contributed by atoms with van der Waals surface area (Å²) in [6.45, 7) is 8.12. The Bertz CT molecular complexity index is 508. The van der Waals surface area contributed by atoms with Gasteiger partial charge < -0.3 is 15.0 Å². The molecule has 0 radical (unpaired) electrons. The molecule has 0 saturated carbocycles. The van der Waals surface area contributed by atoms with Crippen molar-refractivity contribution >= 4 is 23.2 Å². The number of nitrogens with zero attached hydrogens (tertiary/aromatic N) is 1. The molecule has 1 saturated heterocycles. The first-order valence-corrected chi connectivity index (χ1v) is 8.48. The maximum atomic E-state index is 12.0. The third kappa shape index (κ3) is 5.10. The summed E-state index contributed by atoms with van der Waals surface area (Å²) in [5.41, 5.74) is -0.458. The molecule has 122 valence electrons. The summed E-state index contributed by atoms with van der Waals surface area (Å²) in [5.74, 6) is 0.501. The number of carbonyl (C=O) groups excluding carboxylic acids is 2. The number of hydrogen-bond acceptors (Lipinski definition) is 5. The molecule has 0 unspecified atom stereocenters. The predicted molar refractivity (Wildman–Crippen MR) is 87.4 cm³/mol. The Balaban J connectivity index is 1.68. The first kappa shape index (κ1) is 17.0. The van der Waals surface area contributed by atoms with Gasteiger partial charge in [0.15, 0.2) is 5.78 Å². The molecule has 0 aromatic carbocycles. The molecule has 1 aromatic heterocycles. The van der Waals surface area contributed by atoms with Crippen LogP contribution in [0, 0.1) is 5.92 Å². The number of ether oxygens (including phenoxy) is 1. The van der Waals surface area contributed by atoms with Crippen molar-refractivity contribution in [3.8, 4) is 0 Å². The molecule has 2 heterocycles. The zero-order chi connectivity index (χ0) is 16.2.